The first-order valence-corrected chi connectivity index (χ1v) is 7.06. The van der Waals surface area contributed by atoms with Crippen LogP contribution >= 0.6 is 0 Å². The van der Waals surface area contributed by atoms with Gasteiger partial charge < -0.3 is 10.1 Å². The van der Waals surface area contributed by atoms with Gasteiger partial charge in [-0.05, 0) is 31.7 Å². The molecule has 0 bridgehead atoms. The minimum Gasteiger partial charge on any atom is -0.378 e. The molecule has 1 aliphatic rings. The van der Waals surface area contributed by atoms with E-state index in [0.29, 0.717) is 12.7 Å². The Labute approximate surface area is 106 Å². The Morgan fingerprint density at radius 2 is 2.12 bits per heavy atom. The van der Waals surface area contributed by atoms with E-state index in [1.165, 1.54) is 32.1 Å². The van der Waals surface area contributed by atoms with Gasteiger partial charge in [-0.15, -0.1) is 0 Å². The van der Waals surface area contributed by atoms with Gasteiger partial charge >= 0.3 is 0 Å². The van der Waals surface area contributed by atoms with Crippen molar-refractivity contribution in [2.45, 2.75) is 64.5 Å². The fraction of sp³-hybridized carbons (Fsp3) is 0.929. The molecule has 0 radical (unpaired) electrons. The number of nitriles is 1. The van der Waals surface area contributed by atoms with Crippen molar-refractivity contribution in [2.75, 3.05) is 13.2 Å². The second-order valence-corrected chi connectivity index (χ2v) is 4.89. The largest absolute Gasteiger partial charge is 0.378 e. The molecular formula is C14H26N2O. The van der Waals surface area contributed by atoms with Crippen LogP contribution in [-0.4, -0.2) is 25.3 Å². The van der Waals surface area contributed by atoms with Crippen LogP contribution in [0.1, 0.15) is 52.4 Å². The number of ether oxygens (including phenoxy) is 1. The van der Waals surface area contributed by atoms with Crippen LogP contribution in [0.25, 0.3) is 0 Å². The molecule has 3 unspecified atom stereocenters. The minimum absolute atomic E-state index is 0.0522. The fourth-order valence-corrected chi connectivity index (χ4v) is 2.66. The SMILES string of the molecule is CCNC(C#N)CCOC1CCCCC1CC. The van der Waals surface area contributed by atoms with Crippen molar-refractivity contribution >= 4 is 0 Å². The van der Waals surface area contributed by atoms with E-state index in [9.17, 15) is 0 Å². The van der Waals surface area contributed by atoms with E-state index < -0.39 is 0 Å². The normalized spacial score (nSPS) is 26.4. The van der Waals surface area contributed by atoms with Gasteiger partial charge in [0.05, 0.1) is 18.2 Å². The molecule has 1 saturated carbocycles. The Morgan fingerprint density at radius 1 is 1.35 bits per heavy atom. The summed E-state index contributed by atoms with van der Waals surface area (Å²) in [4.78, 5) is 0. The highest BCUT2D eigenvalue weighted by Crippen LogP contribution is 2.29. The van der Waals surface area contributed by atoms with Gasteiger partial charge in [0, 0.05) is 6.61 Å². The van der Waals surface area contributed by atoms with Gasteiger partial charge in [-0.2, -0.15) is 5.26 Å². The summed E-state index contributed by atoms with van der Waals surface area (Å²) in [5.74, 6) is 0.739. The van der Waals surface area contributed by atoms with Gasteiger partial charge in [-0.25, -0.2) is 0 Å². The number of nitrogens with zero attached hydrogens (tertiary/aromatic N) is 1. The summed E-state index contributed by atoms with van der Waals surface area (Å²) >= 11 is 0. The first-order valence-electron chi connectivity index (χ1n) is 7.06. The highest BCUT2D eigenvalue weighted by molar-refractivity contribution is 4.89. The average Bonchev–Trinajstić information content (AvgIpc) is 2.38. The topological polar surface area (TPSA) is 45.0 Å². The Hall–Kier alpha value is -0.590. The molecule has 0 aromatic carbocycles. The summed E-state index contributed by atoms with van der Waals surface area (Å²) in [5, 5.41) is 12.1. The van der Waals surface area contributed by atoms with Crippen molar-refractivity contribution in [3.05, 3.63) is 0 Å². The lowest BCUT2D eigenvalue weighted by Gasteiger charge is -2.31. The van der Waals surface area contributed by atoms with Gasteiger partial charge in [0.2, 0.25) is 0 Å². The van der Waals surface area contributed by atoms with Crippen molar-refractivity contribution in [2.24, 2.45) is 5.92 Å². The van der Waals surface area contributed by atoms with Crippen molar-refractivity contribution in [1.82, 2.24) is 5.32 Å². The van der Waals surface area contributed by atoms with Crippen molar-refractivity contribution in [1.29, 1.82) is 5.26 Å². The summed E-state index contributed by atoms with van der Waals surface area (Å²) in [7, 11) is 0. The first kappa shape index (κ1) is 14.5. The average molecular weight is 238 g/mol. The smallest absolute Gasteiger partial charge is 0.0974 e. The molecule has 3 atom stereocenters. The maximum Gasteiger partial charge on any atom is 0.0974 e. The molecule has 0 aromatic heterocycles. The van der Waals surface area contributed by atoms with Gasteiger partial charge in [0.15, 0.2) is 0 Å². The van der Waals surface area contributed by atoms with E-state index in [1.807, 2.05) is 6.92 Å². The molecule has 1 fully saturated rings. The Morgan fingerprint density at radius 3 is 2.76 bits per heavy atom. The molecule has 1 N–H and O–H groups in total. The lowest BCUT2D eigenvalue weighted by molar-refractivity contribution is -0.0141. The summed E-state index contributed by atoms with van der Waals surface area (Å²) < 4.78 is 5.97. The maximum absolute atomic E-state index is 8.92. The zero-order valence-electron chi connectivity index (χ0n) is 11.2. The van der Waals surface area contributed by atoms with E-state index in [2.05, 4.69) is 18.3 Å². The van der Waals surface area contributed by atoms with Crippen LogP contribution < -0.4 is 5.32 Å². The monoisotopic (exact) mass is 238 g/mol. The Balaban J connectivity index is 2.22. The molecule has 1 rings (SSSR count). The second-order valence-electron chi connectivity index (χ2n) is 4.89. The first-order chi connectivity index (χ1) is 8.31. The predicted molar refractivity (Wildman–Crippen MR) is 69.7 cm³/mol. The molecule has 0 saturated heterocycles. The molecule has 0 aliphatic heterocycles. The summed E-state index contributed by atoms with van der Waals surface area (Å²) in [5.41, 5.74) is 0. The summed E-state index contributed by atoms with van der Waals surface area (Å²) in [6, 6.07) is 2.22. The molecule has 0 spiro atoms. The minimum atomic E-state index is -0.0522. The Bertz CT molecular complexity index is 237. The quantitative estimate of drug-likeness (QED) is 0.741. The van der Waals surface area contributed by atoms with Crippen molar-refractivity contribution < 1.29 is 4.74 Å². The zero-order valence-corrected chi connectivity index (χ0v) is 11.2. The van der Waals surface area contributed by atoms with E-state index in [0.717, 1.165) is 18.9 Å². The van der Waals surface area contributed by atoms with E-state index in [-0.39, 0.29) is 6.04 Å². The zero-order chi connectivity index (χ0) is 12.5. The van der Waals surface area contributed by atoms with Crippen molar-refractivity contribution in [3.8, 4) is 6.07 Å². The van der Waals surface area contributed by atoms with Gasteiger partial charge in [0.25, 0.3) is 0 Å². The number of nitrogens with one attached hydrogen (secondary N) is 1. The third-order valence-corrected chi connectivity index (χ3v) is 3.71. The predicted octanol–water partition coefficient (Wildman–Crippen LogP) is 2.86. The molecule has 17 heavy (non-hydrogen) atoms. The Kier molecular flexibility index (Phi) is 7.23. The maximum atomic E-state index is 8.92. The molecule has 98 valence electrons. The van der Waals surface area contributed by atoms with Crippen LogP contribution in [0.5, 0.6) is 0 Å². The highest BCUT2D eigenvalue weighted by atomic mass is 16.5. The van der Waals surface area contributed by atoms with Gasteiger partial charge in [-0.1, -0.05) is 33.1 Å². The summed E-state index contributed by atoms with van der Waals surface area (Å²) in [6.45, 7) is 5.84. The highest BCUT2D eigenvalue weighted by Gasteiger charge is 2.24. The third kappa shape index (κ3) is 5.06. The van der Waals surface area contributed by atoms with Crippen molar-refractivity contribution in [3.63, 3.8) is 0 Å². The van der Waals surface area contributed by atoms with Crippen LogP contribution in [0.4, 0.5) is 0 Å². The van der Waals surface area contributed by atoms with Crippen LogP contribution in [0.15, 0.2) is 0 Å². The van der Waals surface area contributed by atoms with E-state index >= 15 is 0 Å². The molecule has 0 amide bonds. The van der Waals surface area contributed by atoms with Crippen LogP contribution in [-0.2, 0) is 4.74 Å². The standard InChI is InChI=1S/C14H26N2O/c1-3-12-7-5-6-8-14(12)17-10-9-13(11-15)16-4-2/h12-14,16H,3-10H2,1-2H3. The molecule has 1 aliphatic carbocycles. The lowest BCUT2D eigenvalue weighted by atomic mass is 9.85. The second kappa shape index (κ2) is 8.49. The number of hydrogen-bond donors (Lipinski definition) is 1. The summed E-state index contributed by atoms with van der Waals surface area (Å²) in [6.07, 6.45) is 7.64. The molecule has 0 heterocycles. The van der Waals surface area contributed by atoms with E-state index in [1.54, 1.807) is 0 Å². The van der Waals surface area contributed by atoms with Crippen LogP contribution in [0.2, 0.25) is 0 Å². The lowest BCUT2D eigenvalue weighted by Crippen LogP contribution is -2.31. The fourth-order valence-electron chi connectivity index (χ4n) is 2.66. The molecule has 0 aromatic rings. The van der Waals surface area contributed by atoms with Crippen LogP contribution in [0.3, 0.4) is 0 Å². The molecule has 3 heteroatoms. The van der Waals surface area contributed by atoms with Crippen LogP contribution in [0, 0.1) is 17.2 Å². The van der Waals surface area contributed by atoms with Gasteiger partial charge in [0.1, 0.15) is 0 Å². The third-order valence-electron chi connectivity index (χ3n) is 3.71. The van der Waals surface area contributed by atoms with Gasteiger partial charge in [-0.3, -0.25) is 0 Å². The number of rotatable bonds is 7. The number of hydrogen-bond acceptors (Lipinski definition) is 3. The van der Waals surface area contributed by atoms with E-state index in [4.69, 9.17) is 10.00 Å². The molecular weight excluding hydrogens is 212 g/mol. The molecule has 3 nitrogen and oxygen atoms in total.